The number of fused-ring (bicyclic) bond motifs is 1. The fraction of sp³-hybridized carbons (Fsp3) is 0.391. The van der Waals surface area contributed by atoms with Gasteiger partial charge in [0.15, 0.2) is 0 Å². The summed E-state index contributed by atoms with van der Waals surface area (Å²) in [6, 6.07) is 13.8. The normalized spacial score (nSPS) is 16.1. The maximum Gasteiger partial charge on any atom is 0.245 e. The average molecular weight is 467 g/mol. The van der Waals surface area contributed by atoms with Crippen LogP contribution in [0.15, 0.2) is 57.9 Å². The summed E-state index contributed by atoms with van der Waals surface area (Å²) in [5.41, 5.74) is 2.50. The highest BCUT2D eigenvalue weighted by Crippen LogP contribution is 2.32. The predicted octanol–water partition coefficient (Wildman–Crippen LogP) is 4.27. The summed E-state index contributed by atoms with van der Waals surface area (Å²) in [5.74, 6) is 0.492. The number of nitrogens with one attached hydrogen (secondary N) is 1. The smallest absolute Gasteiger partial charge is 0.245 e. The molecular weight excluding hydrogens is 440 g/mol. The fourth-order valence-corrected chi connectivity index (χ4v) is 5.64. The summed E-state index contributed by atoms with van der Waals surface area (Å²) >= 11 is 0. The standard InChI is InChI=1S/C23H26N6O3S/c1-15(2)21(27-33(30,31)18-10-4-3-5-11-18)23-24-22(26-32-23)16-12-13-20-19(14-16)25-28-29(20)17-8-6-7-9-17/h3-5,10-15,17,21,27H,6-9H2,1-2H3/t21-/m0/s1. The number of hydrogen-bond acceptors (Lipinski definition) is 7. The highest BCUT2D eigenvalue weighted by molar-refractivity contribution is 7.89. The summed E-state index contributed by atoms with van der Waals surface area (Å²) in [6.07, 6.45) is 4.70. The lowest BCUT2D eigenvalue weighted by Gasteiger charge is -2.18. The highest BCUT2D eigenvalue weighted by atomic mass is 32.2. The fourth-order valence-electron chi connectivity index (χ4n) is 4.28. The Morgan fingerprint density at radius 3 is 2.58 bits per heavy atom. The Labute approximate surface area is 192 Å². The molecule has 10 heteroatoms. The van der Waals surface area contributed by atoms with Crippen LogP contribution in [0.1, 0.15) is 57.5 Å². The molecule has 0 unspecified atom stereocenters. The molecule has 0 radical (unpaired) electrons. The Hall–Kier alpha value is -3.11. The molecule has 9 nitrogen and oxygen atoms in total. The minimum absolute atomic E-state index is 0.106. The first-order chi connectivity index (χ1) is 15.9. The molecule has 1 aliphatic carbocycles. The number of nitrogens with zero attached hydrogens (tertiary/aromatic N) is 5. The molecule has 4 aromatic rings. The lowest BCUT2D eigenvalue weighted by atomic mass is 10.1. The van der Waals surface area contributed by atoms with Crippen LogP contribution < -0.4 is 4.72 Å². The van der Waals surface area contributed by atoms with Crippen LogP contribution in [0.5, 0.6) is 0 Å². The SMILES string of the molecule is CC(C)[C@H](NS(=O)(=O)c1ccccc1)c1nc(-c2ccc3c(c2)nnn3C2CCCC2)no1. The van der Waals surface area contributed by atoms with Crippen LogP contribution in [-0.2, 0) is 10.0 Å². The third-order valence-electron chi connectivity index (χ3n) is 6.11. The molecule has 0 saturated heterocycles. The van der Waals surface area contributed by atoms with Gasteiger partial charge in [-0.1, -0.05) is 55.3 Å². The number of rotatable bonds is 7. The first-order valence-corrected chi connectivity index (χ1v) is 12.7. The van der Waals surface area contributed by atoms with E-state index in [1.807, 2.05) is 36.7 Å². The van der Waals surface area contributed by atoms with Crippen LogP contribution in [0.3, 0.4) is 0 Å². The van der Waals surface area contributed by atoms with Gasteiger partial charge in [0.2, 0.25) is 21.7 Å². The van der Waals surface area contributed by atoms with Gasteiger partial charge in [0.25, 0.3) is 0 Å². The van der Waals surface area contributed by atoms with E-state index in [2.05, 4.69) is 25.2 Å². The van der Waals surface area contributed by atoms with Crippen LogP contribution in [-0.4, -0.2) is 33.6 Å². The molecule has 0 aliphatic heterocycles. The van der Waals surface area contributed by atoms with Crippen molar-refractivity contribution in [1.29, 1.82) is 0 Å². The van der Waals surface area contributed by atoms with Crippen LogP contribution >= 0.6 is 0 Å². The number of sulfonamides is 1. The zero-order chi connectivity index (χ0) is 23.0. The van der Waals surface area contributed by atoms with Gasteiger partial charge in [-0.05, 0) is 49.1 Å². The molecule has 2 aromatic heterocycles. The zero-order valence-electron chi connectivity index (χ0n) is 18.5. The molecule has 1 atom stereocenters. The van der Waals surface area contributed by atoms with E-state index in [0.717, 1.165) is 29.4 Å². The second kappa shape index (κ2) is 8.68. The third-order valence-corrected chi connectivity index (χ3v) is 7.57. The van der Waals surface area contributed by atoms with E-state index >= 15 is 0 Å². The van der Waals surface area contributed by atoms with Crippen LogP contribution in [0.2, 0.25) is 0 Å². The molecule has 33 heavy (non-hydrogen) atoms. The second-order valence-corrected chi connectivity index (χ2v) is 10.5. The molecule has 1 aliphatic rings. The summed E-state index contributed by atoms with van der Waals surface area (Å²) in [4.78, 5) is 4.70. The van der Waals surface area contributed by atoms with Gasteiger partial charge in [0.1, 0.15) is 11.6 Å². The molecule has 0 bridgehead atoms. The van der Waals surface area contributed by atoms with E-state index in [1.165, 1.54) is 12.8 Å². The van der Waals surface area contributed by atoms with E-state index in [9.17, 15) is 8.42 Å². The van der Waals surface area contributed by atoms with Crippen molar-refractivity contribution in [2.45, 2.75) is 56.5 Å². The van der Waals surface area contributed by atoms with Crippen molar-refractivity contribution < 1.29 is 12.9 Å². The van der Waals surface area contributed by atoms with Crippen molar-refractivity contribution in [3.63, 3.8) is 0 Å². The molecular formula is C23H26N6O3S. The predicted molar refractivity (Wildman–Crippen MR) is 123 cm³/mol. The second-order valence-electron chi connectivity index (χ2n) is 8.79. The van der Waals surface area contributed by atoms with Gasteiger partial charge in [-0.15, -0.1) is 5.10 Å². The Balaban J connectivity index is 1.42. The molecule has 2 heterocycles. The summed E-state index contributed by atoms with van der Waals surface area (Å²) in [6.45, 7) is 3.80. The zero-order valence-corrected chi connectivity index (χ0v) is 19.4. The van der Waals surface area contributed by atoms with E-state index in [4.69, 9.17) is 4.52 Å². The van der Waals surface area contributed by atoms with E-state index in [-0.39, 0.29) is 16.7 Å². The Kier molecular flexibility index (Phi) is 5.71. The van der Waals surface area contributed by atoms with Crippen LogP contribution in [0.4, 0.5) is 0 Å². The minimum Gasteiger partial charge on any atom is -0.337 e. The molecule has 5 rings (SSSR count). The van der Waals surface area contributed by atoms with Crippen molar-refractivity contribution in [2.75, 3.05) is 0 Å². The minimum atomic E-state index is -3.74. The topological polar surface area (TPSA) is 116 Å². The first kappa shape index (κ1) is 21.7. The van der Waals surface area contributed by atoms with E-state index in [1.54, 1.807) is 30.3 Å². The molecule has 172 valence electrons. The molecule has 0 amide bonds. The molecule has 2 aromatic carbocycles. The molecule has 0 spiro atoms. The van der Waals surface area contributed by atoms with Gasteiger partial charge in [-0.2, -0.15) is 9.71 Å². The Morgan fingerprint density at radius 1 is 1.09 bits per heavy atom. The van der Waals surface area contributed by atoms with Crippen molar-refractivity contribution in [2.24, 2.45) is 5.92 Å². The molecule has 1 saturated carbocycles. The number of benzene rings is 2. The quantitative estimate of drug-likeness (QED) is 0.432. The van der Waals surface area contributed by atoms with E-state index in [0.29, 0.717) is 11.9 Å². The van der Waals surface area contributed by atoms with Gasteiger partial charge < -0.3 is 4.52 Å². The number of hydrogen-bond donors (Lipinski definition) is 1. The van der Waals surface area contributed by atoms with Gasteiger partial charge >= 0.3 is 0 Å². The Morgan fingerprint density at radius 2 is 1.85 bits per heavy atom. The summed E-state index contributed by atoms with van der Waals surface area (Å²) in [7, 11) is -3.74. The monoisotopic (exact) mass is 466 g/mol. The van der Waals surface area contributed by atoms with Gasteiger partial charge in [0, 0.05) is 5.56 Å². The summed E-state index contributed by atoms with van der Waals surface area (Å²) < 4.78 is 35.9. The van der Waals surface area contributed by atoms with Crippen LogP contribution in [0.25, 0.3) is 22.4 Å². The maximum atomic E-state index is 12.8. The first-order valence-electron chi connectivity index (χ1n) is 11.2. The number of aromatic nitrogens is 5. The maximum absolute atomic E-state index is 12.8. The lowest BCUT2D eigenvalue weighted by molar-refractivity contribution is 0.311. The molecule has 1 fully saturated rings. The van der Waals surface area contributed by atoms with Crippen LogP contribution in [0, 0.1) is 5.92 Å². The van der Waals surface area contributed by atoms with Gasteiger partial charge in [-0.3, -0.25) is 0 Å². The third kappa shape index (κ3) is 4.28. The largest absolute Gasteiger partial charge is 0.337 e. The molecule has 1 N–H and O–H groups in total. The Bertz CT molecular complexity index is 1360. The van der Waals surface area contributed by atoms with Crippen molar-refractivity contribution >= 4 is 21.1 Å². The summed E-state index contributed by atoms with van der Waals surface area (Å²) in [5, 5.41) is 12.8. The highest BCUT2D eigenvalue weighted by Gasteiger charge is 2.29. The van der Waals surface area contributed by atoms with Gasteiger partial charge in [0.05, 0.1) is 16.5 Å². The van der Waals surface area contributed by atoms with Gasteiger partial charge in [-0.25, -0.2) is 13.1 Å². The van der Waals surface area contributed by atoms with Crippen molar-refractivity contribution in [3.8, 4) is 11.4 Å². The average Bonchev–Trinajstić information content (AvgIpc) is 3.58. The van der Waals surface area contributed by atoms with Crippen molar-refractivity contribution in [3.05, 3.63) is 54.4 Å². The van der Waals surface area contributed by atoms with E-state index < -0.39 is 16.1 Å². The lowest BCUT2D eigenvalue weighted by Crippen LogP contribution is -2.32. The van der Waals surface area contributed by atoms with Crippen molar-refractivity contribution in [1.82, 2.24) is 29.9 Å².